The lowest BCUT2D eigenvalue weighted by molar-refractivity contribution is -0.137. The lowest BCUT2D eigenvalue weighted by Gasteiger charge is -2.20. The van der Waals surface area contributed by atoms with Gasteiger partial charge in [0.15, 0.2) is 5.71 Å². The summed E-state index contributed by atoms with van der Waals surface area (Å²) in [5.41, 5.74) is 3.43. The minimum absolute atomic E-state index is 0.000588. The highest BCUT2D eigenvalue weighted by atomic mass is 19.4. The molecule has 0 atom stereocenters. The molecule has 0 unspecified atom stereocenters. The van der Waals surface area contributed by atoms with E-state index in [0.717, 1.165) is 23.1 Å². The van der Waals surface area contributed by atoms with Gasteiger partial charge in [-0.1, -0.05) is 24.3 Å². The van der Waals surface area contributed by atoms with Crippen LogP contribution in [0, 0.1) is 13.8 Å². The first-order chi connectivity index (χ1) is 19.8. The van der Waals surface area contributed by atoms with Gasteiger partial charge in [0.2, 0.25) is 0 Å². The van der Waals surface area contributed by atoms with Crippen LogP contribution in [0.4, 0.5) is 35.0 Å². The van der Waals surface area contributed by atoms with Gasteiger partial charge >= 0.3 is 12.3 Å². The molecule has 42 heavy (non-hydrogen) atoms. The number of ether oxygens (including phenoxy) is 1. The molecule has 0 saturated carbocycles. The number of alkyl halides is 3. The zero-order chi connectivity index (χ0) is 30.3. The van der Waals surface area contributed by atoms with Crippen molar-refractivity contribution in [2.24, 2.45) is 5.10 Å². The molecule has 0 aliphatic carbocycles. The number of hydrogen-bond donors (Lipinski definition) is 4. The number of para-hydroxylation sites is 1. The average Bonchev–Trinajstić information content (AvgIpc) is 3.20. The number of fused-ring (bicyclic) bond motifs is 1. The van der Waals surface area contributed by atoms with Gasteiger partial charge in [-0.25, -0.2) is 4.79 Å². The third-order valence-corrected chi connectivity index (χ3v) is 6.64. The Balaban J connectivity index is 1.56. The van der Waals surface area contributed by atoms with Crippen LogP contribution >= 0.6 is 0 Å². The predicted molar refractivity (Wildman–Crippen MR) is 149 cm³/mol. The van der Waals surface area contributed by atoms with E-state index in [2.05, 4.69) is 15.3 Å². The number of rotatable bonds is 5. The number of amides is 1. The molecule has 1 aliphatic rings. The maximum absolute atomic E-state index is 13.6. The van der Waals surface area contributed by atoms with Crippen LogP contribution in [0.5, 0.6) is 17.2 Å². The summed E-state index contributed by atoms with van der Waals surface area (Å²) in [6, 6.07) is 16.4. The summed E-state index contributed by atoms with van der Waals surface area (Å²) in [6.45, 7) is 3.21. The van der Waals surface area contributed by atoms with Gasteiger partial charge in [0.25, 0.3) is 5.91 Å². The molecule has 9 nitrogen and oxygen atoms in total. The number of carbonyl (C=O) groups is 2. The largest absolute Gasteiger partial charge is 0.511 e. The SMILES string of the molecule is Cc1cc(N2C(=O)C(=NNc3cccc(-c4cccc(OC(=O)O)c4)c3O)c3ccc(C(F)(F)F)cc32)cc(C)c1O. The lowest BCUT2D eigenvalue weighted by atomic mass is 10.0. The van der Waals surface area contributed by atoms with Crippen molar-refractivity contribution in [3.05, 3.63) is 95.1 Å². The van der Waals surface area contributed by atoms with Gasteiger partial charge < -0.3 is 20.1 Å². The minimum Gasteiger partial charge on any atom is -0.507 e. The number of nitrogens with one attached hydrogen (secondary N) is 1. The van der Waals surface area contributed by atoms with Crippen LogP contribution in [-0.2, 0) is 11.0 Å². The summed E-state index contributed by atoms with van der Waals surface area (Å²) in [5, 5.41) is 34.2. The van der Waals surface area contributed by atoms with E-state index in [1.807, 2.05) is 0 Å². The monoisotopic (exact) mass is 577 g/mol. The Morgan fingerprint density at radius 1 is 0.905 bits per heavy atom. The van der Waals surface area contributed by atoms with E-state index in [9.17, 15) is 33.0 Å². The molecule has 1 amide bonds. The fourth-order valence-corrected chi connectivity index (χ4v) is 4.66. The number of nitrogens with zero attached hydrogens (tertiary/aromatic N) is 2. The van der Waals surface area contributed by atoms with Crippen molar-refractivity contribution in [1.82, 2.24) is 0 Å². The molecule has 214 valence electrons. The second-order valence-corrected chi connectivity index (χ2v) is 9.47. The van der Waals surface area contributed by atoms with Crippen molar-refractivity contribution < 1.29 is 42.8 Å². The smallest absolute Gasteiger partial charge is 0.507 e. The van der Waals surface area contributed by atoms with Crippen LogP contribution in [-0.4, -0.2) is 33.1 Å². The first kappa shape index (κ1) is 28.0. The Labute approximate surface area is 236 Å². The van der Waals surface area contributed by atoms with E-state index in [1.165, 1.54) is 36.4 Å². The van der Waals surface area contributed by atoms with Crippen molar-refractivity contribution in [1.29, 1.82) is 0 Å². The van der Waals surface area contributed by atoms with E-state index in [0.29, 0.717) is 22.3 Å². The molecule has 1 heterocycles. The van der Waals surface area contributed by atoms with Crippen LogP contribution in [0.1, 0.15) is 22.3 Å². The third kappa shape index (κ3) is 5.17. The second kappa shape index (κ2) is 10.5. The van der Waals surface area contributed by atoms with Crippen molar-refractivity contribution >= 4 is 34.8 Å². The highest BCUT2D eigenvalue weighted by Crippen LogP contribution is 2.42. The number of halogens is 3. The van der Waals surface area contributed by atoms with E-state index in [1.54, 1.807) is 32.0 Å². The molecular weight excluding hydrogens is 555 g/mol. The number of hydrazone groups is 1. The topological polar surface area (TPSA) is 132 Å². The van der Waals surface area contributed by atoms with Gasteiger partial charge in [-0.05, 0) is 79.1 Å². The fourth-order valence-electron chi connectivity index (χ4n) is 4.66. The normalized spacial score (nSPS) is 13.8. The molecule has 0 radical (unpaired) electrons. The van der Waals surface area contributed by atoms with Crippen molar-refractivity contribution in [3.8, 4) is 28.4 Å². The number of aryl methyl sites for hydroxylation is 2. The second-order valence-electron chi connectivity index (χ2n) is 9.47. The Kier molecular flexibility index (Phi) is 6.98. The van der Waals surface area contributed by atoms with Crippen LogP contribution in [0.15, 0.2) is 77.9 Å². The number of anilines is 3. The van der Waals surface area contributed by atoms with Gasteiger partial charge in [0.1, 0.15) is 17.2 Å². The first-order valence-electron chi connectivity index (χ1n) is 12.4. The molecule has 0 aromatic heterocycles. The number of carboxylic acid groups (broad SMARTS) is 1. The standard InChI is InChI=1S/C30H22F3N3O6/c1-15-11-19(12-16(2)26(15)37)36-24-14-18(30(31,32)33)9-10-22(24)25(28(36)39)35-34-23-8-4-7-21(27(23)38)17-5-3-6-20(13-17)42-29(40)41/h3-14,34,37-38H,1-2H3,(H,40,41). The molecule has 4 aromatic carbocycles. The maximum atomic E-state index is 13.6. The molecule has 1 aliphatic heterocycles. The quantitative estimate of drug-likeness (QED) is 0.0873. The van der Waals surface area contributed by atoms with Crippen LogP contribution in [0.3, 0.4) is 0 Å². The molecule has 0 spiro atoms. The molecule has 12 heteroatoms. The zero-order valence-electron chi connectivity index (χ0n) is 22.0. The van der Waals surface area contributed by atoms with Gasteiger partial charge in [0.05, 0.1) is 22.6 Å². The lowest BCUT2D eigenvalue weighted by Crippen LogP contribution is -2.26. The molecule has 0 saturated heterocycles. The average molecular weight is 578 g/mol. The minimum atomic E-state index is -4.66. The molecule has 4 aromatic rings. The molecule has 0 bridgehead atoms. The number of phenols is 2. The summed E-state index contributed by atoms with van der Waals surface area (Å²) in [6.07, 6.45) is -6.17. The Morgan fingerprint density at radius 3 is 2.26 bits per heavy atom. The first-order valence-corrected chi connectivity index (χ1v) is 12.4. The summed E-state index contributed by atoms with van der Waals surface area (Å²) >= 11 is 0. The number of phenolic OH excluding ortho intramolecular Hbond substituents is 2. The predicted octanol–water partition coefficient (Wildman–Crippen LogP) is 6.95. The van der Waals surface area contributed by atoms with Gasteiger partial charge in [-0.2, -0.15) is 18.3 Å². The van der Waals surface area contributed by atoms with Crippen molar-refractivity contribution in [2.75, 3.05) is 10.3 Å². The number of carbonyl (C=O) groups excluding carboxylic acids is 1. The summed E-state index contributed by atoms with van der Waals surface area (Å²) in [5.74, 6) is -0.977. The number of benzene rings is 4. The number of aromatic hydroxyl groups is 2. The molecular formula is C30H22F3N3O6. The molecule has 0 fully saturated rings. The summed E-state index contributed by atoms with van der Waals surface area (Å²) in [7, 11) is 0. The van der Waals surface area contributed by atoms with E-state index < -0.39 is 23.8 Å². The third-order valence-electron chi connectivity index (χ3n) is 6.64. The van der Waals surface area contributed by atoms with Gasteiger partial charge in [0, 0.05) is 11.1 Å². The molecule has 5 rings (SSSR count). The van der Waals surface area contributed by atoms with E-state index >= 15 is 0 Å². The molecule has 4 N–H and O–H groups in total. The Hall–Kier alpha value is -5.52. The zero-order valence-corrected chi connectivity index (χ0v) is 22.0. The Morgan fingerprint density at radius 2 is 1.60 bits per heavy atom. The summed E-state index contributed by atoms with van der Waals surface area (Å²) < 4.78 is 45.5. The van der Waals surface area contributed by atoms with E-state index in [4.69, 9.17) is 5.11 Å². The van der Waals surface area contributed by atoms with Crippen molar-refractivity contribution in [3.63, 3.8) is 0 Å². The number of hydrogen-bond acceptors (Lipinski definition) is 7. The Bertz CT molecular complexity index is 1760. The summed E-state index contributed by atoms with van der Waals surface area (Å²) in [4.78, 5) is 25.6. The van der Waals surface area contributed by atoms with Gasteiger partial charge in [-0.15, -0.1) is 0 Å². The maximum Gasteiger partial charge on any atom is 0.511 e. The van der Waals surface area contributed by atoms with Crippen molar-refractivity contribution in [2.45, 2.75) is 20.0 Å². The van der Waals surface area contributed by atoms with Crippen LogP contribution in [0.25, 0.3) is 11.1 Å². The highest BCUT2D eigenvalue weighted by molar-refractivity contribution is 6.55. The fraction of sp³-hybridized carbons (Fsp3) is 0.100. The van der Waals surface area contributed by atoms with Crippen LogP contribution in [0.2, 0.25) is 0 Å². The van der Waals surface area contributed by atoms with E-state index in [-0.39, 0.29) is 45.6 Å². The van der Waals surface area contributed by atoms with Crippen LogP contribution < -0.4 is 15.1 Å². The highest BCUT2D eigenvalue weighted by Gasteiger charge is 2.39. The van der Waals surface area contributed by atoms with Gasteiger partial charge in [-0.3, -0.25) is 15.1 Å².